The first kappa shape index (κ1) is 17.5. The molecule has 116 valence electrons. The van der Waals surface area contributed by atoms with Gasteiger partial charge in [0.25, 0.3) is 0 Å². The highest BCUT2D eigenvalue weighted by Gasteiger charge is 2.12. The summed E-state index contributed by atoms with van der Waals surface area (Å²) in [6, 6.07) is 5.59. The van der Waals surface area contributed by atoms with Crippen LogP contribution in [-0.4, -0.2) is 41.8 Å². The highest BCUT2D eigenvalue weighted by atomic mass is 79.9. The van der Waals surface area contributed by atoms with Crippen LogP contribution in [0, 0.1) is 0 Å². The summed E-state index contributed by atoms with van der Waals surface area (Å²) in [5.74, 6) is -0.738. The van der Waals surface area contributed by atoms with Crippen LogP contribution in [0.4, 0.5) is 0 Å². The lowest BCUT2D eigenvalue weighted by Gasteiger charge is -2.08. The predicted molar refractivity (Wildman–Crippen MR) is 80.3 cm³/mol. The largest absolute Gasteiger partial charge is 0.496 e. The van der Waals surface area contributed by atoms with Crippen LogP contribution in [0.25, 0.3) is 0 Å². The second-order valence-corrected chi connectivity index (χ2v) is 5.32. The van der Waals surface area contributed by atoms with Gasteiger partial charge in [-0.15, -0.1) is 0 Å². The van der Waals surface area contributed by atoms with E-state index >= 15 is 0 Å². The first-order valence-electron chi connectivity index (χ1n) is 6.44. The SMILES string of the molecule is COc1ccc(CCC(=O)NCC[C@H](O)C(=O)O)cc1Br. The van der Waals surface area contributed by atoms with Crippen molar-refractivity contribution in [2.24, 2.45) is 0 Å². The fraction of sp³-hybridized carbons (Fsp3) is 0.429. The molecule has 0 bridgehead atoms. The summed E-state index contributed by atoms with van der Waals surface area (Å²) in [5, 5.41) is 20.1. The van der Waals surface area contributed by atoms with E-state index in [1.807, 2.05) is 18.2 Å². The number of carboxylic acid groups (broad SMARTS) is 1. The molecule has 1 atom stereocenters. The fourth-order valence-electron chi connectivity index (χ4n) is 1.68. The van der Waals surface area contributed by atoms with E-state index < -0.39 is 12.1 Å². The number of amides is 1. The lowest BCUT2D eigenvalue weighted by atomic mass is 10.1. The molecule has 1 aromatic rings. The Morgan fingerprint density at radius 1 is 1.43 bits per heavy atom. The zero-order chi connectivity index (χ0) is 15.8. The molecule has 0 aliphatic carbocycles. The van der Waals surface area contributed by atoms with E-state index in [0.29, 0.717) is 12.8 Å². The van der Waals surface area contributed by atoms with Crippen molar-refractivity contribution in [3.05, 3.63) is 28.2 Å². The van der Waals surface area contributed by atoms with Crippen LogP contribution in [0.2, 0.25) is 0 Å². The smallest absolute Gasteiger partial charge is 0.332 e. The highest BCUT2D eigenvalue weighted by Crippen LogP contribution is 2.25. The van der Waals surface area contributed by atoms with Crippen LogP contribution in [-0.2, 0) is 16.0 Å². The molecule has 1 aromatic carbocycles. The van der Waals surface area contributed by atoms with E-state index in [1.165, 1.54) is 0 Å². The Morgan fingerprint density at radius 2 is 2.14 bits per heavy atom. The van der Waals surface area contributed by atoms with Gasteiger partial charge in [0.15, 0.2) is 6.10 Å². The van der Waals surface area contributed by atoms with Crippen molar-refractivity contribution in [3.63, 3.8) is 0 Å². The highest BCUT2D eigenvalue weighted by molar-refractivity contribution is 9.10. The average Bonchev–Trinajstić information content (AvgIpc) is 2.45. The molecule has 21 heavy (non-hydrogen) atoms. The van der Waals surface area contributed by atoms with Gasteiger partial charge in [-0.05, 0) is 40.0 Å². The third-order valence-corrected chi connectivity index (χ3v) is 3.50. The maximum absolute atomic E-state index is 11.6. The molecule has 0 saturated heterocycles. The fourth-order valence-corrected chi connectivity index (χ4v) is 2.27. The van der Waals surface area contributed by atoms with E-state index in [-0.39, 0.29) is 18.9 Å². The Morgan fingerprint density at radius 3 is 2.71 bits per heavy atom. The van der Waals surface area contributed by atoms with Crippen LogP contribution < -0.4 is 10.1 Å². The van der Waals surface area contributed by atoms with Crippen LogP contribution in [0.15, 0.2) is 22.7 Å². The Hall–Kier alpha value is -1.60. The zero-order valence-electron chi connectivity index (χ0n) is 11.6. The molecule has 1 amide bonds. The summed E-state index contributed by atoms with van der Waals surface area (Å²) in [6.07, 6.45) is -0.588. The number of carbonyl (C=O) groups is 2. The minimum absolute atomic E-state index is 0.00480. The van der Waals surface area contributed by atoms with Gasteiger partial charge in [-0.3, -0.25) is 4.79 Å². The Bertz CT molecular complexity index is 506. The summed E-state index contributed by atoms with van der Waals surface area (Å²) in [7, 11) is 1.58. The topological polar surface area (TPSA) is 95.9 Å². The number of carboxylic acids is 1. The second kappa shape index (κ2) is 8.63. The number of aliphatic hydroxyl groups excluding tert-OH is 1. The molecule has 0 aliphatic rings. The van der Waals surface area contributed by atoms with E-state index in [9.17, 15) is 9.59 Å². The average molecular weight is 360 g/mol. The van der Waals surface area contributed by atoms with Crippen molar-refractivity contribution >= 4 is 27.8 Å². The van der Waals surface area contributed by atoms with Gasteiger partial charge in [0.1, 0.15) is 5.75 Å². The maximum Gasteiger partial charge on any atom is 0.332 e. The number of methoxy groups -OCH3 is 1. The molecule has 3 N–H and O–H groups in total. The Balaban J connectivity index is 2.33. The van der Waals surface area contributed by atoms with E-state index in [1.54, 1.807) is 7.11 Å². The Labute approximate surface area is 131 Å². The third kappa shape index (κ3) is 6.14. The number of aliphatic carboxylic acids is 1. The van der Waals surface area contributed by atoms with Crippen molar-refractivity contribution in [2.45, 2.75) is 25.4 Å². The van der Waals surface area contributed by atoms with Gasteiger partial charge in [0.2, 0.25) is 5.91 Å². The number of ether oxygens (including phenoxy) is 1. The van der Waals surface area contributed by atoms with Gasteiger partial charge < -0.3 is 20.3 Å². The monoisotopic (exact) mass is 359 g/mol. The first-order valence-corrected chi connectivity index (χ1v) is 7.23. The van der Waals surface area contributed by atoms with Crippen molar-refractivity contribution < 1.29 is 24.5 Å². The summed E-state index contributed by atoms with van der Waals surface area (Å²) in [6.45, 7) is 0.138. The van der Waals surface area contributed by atoms with E-state index in [0.717, 1.165) is 15.8 Å². The van der Waals surface area contributed by atoms with Crippen LogP contribution in [0.3, 0.4) is 0 Å². The number of hydrogen-bond donors (Lipinski definition) is 3. The van der Waals surface area contributed by atoms with Crippen molar-refractivity contribution in [2.75, 3.05) is 13.7 Å². The zero-order valence-corrected chi connectivity index (χ0v) is 13.2. The lowest BCUT2D eigenvalue weighted by Crippen LogP contribution is -2.30. The minimum atomic E-state index is -1.44. The number of halogens is 1. The molecule has 0 heterocycles. The number of aliphatic hydroxyl groups is 1. The van der Waals surface area contributed by atoms with Gasteiger partial charge in [0.05, 0.1) is 11.6 Å². The number of rotatable bonds is 8. The van der Waals surface area contributed by atoms with Crippen molar-refractivity contribution in [1.29, 1.82) is 0 Å². The molecule has 6 nitrogen and oxygen atoms in total. The molecular formula is C14H18BrNO5. The summed E-state index contributed by atoms with van der Waals surface area (Å²) < 4.78 is 5.95. The molecule has 7 heteroatoms. The first-order chi connectivity index (χ1) is 9.93. The number of nitrogens with one attached hydrogen (secondary N) is 1. The van der Waals surface area contributed by atoms with Gasteiger partial charge in [-0.2, -0.15) is 0 Å². The van der Waals surface area contributed by atoms with Gasteiger partial charge in [0, 0.05) is 19.4 Å². The normalized spacial score (nSPS) is 11.8. The van der Waals surface area contributed by atoms with Crippen molar-refractivity contribution in [3.8, 4) is 5.75 Å². The van der Waals surface area contributed by atoms with Gasteiger partial charge >= 0.3 is 5.97 Å². The predicted octanol–water partition coefficient (Wildman–Crippen LogP) is 1.34. The third-order valence-electron chi connectivity index (χ3n) is 2.88. The number of carbonyl (C=O) groups excluding carboxylic acids is 1. The lowest BCUT2D eigenvalue weighted by molar-refractivity contribution is -0.147. The molecule has 0 radical (unpaired) electrons. The number of aryl methyl sites for hydroxylation is 1. The van der Waals surface area contributed by atoms with E-state index in [4.69, 9.17) is 14.9 Å². The molecule has 0 saturated carbocycles. The minimum Gasteiger partial charge on any atom is -0.496 e. The van der Waals surface area contributed by atoms with Crippen molar-refractivity contribution in [1.82, 2.24) is 5.32 Å². The molecule has 0 unspecified atom stereocenters. The number of benzene rings is 1. The van der Waals surface area contributed by atoms with Crippen LogP contribution in [0.1, 0.15) is 18.4 Å². The molecule has 0 fully saturated rings. The standard InChI is InChI=1S/C14H18BrNO5/c1-21-12-4-2-9(8-10(12)15)3-5-13(18)16-7-6-11(17)14(19)20/h2,4,8,11,17H,3,5-7H2,1H3,(H,16,18)(H,19,20)/t11-/m0/s1. The number of hydrogen-bond acceptors (Lipinski definition) is 4. The van der Waals surface area contributed by atoms with Gasteiger partial charge in [-0.1, -0.05) is 6.07 Å². The summed E-state index contributed by atoms with van der Waals surface area (Å²) in [4.78, 5) is 22.0. The molecule has 0 aromatic heterocycles. The van der Waals surface area contributed by atoms with Crippen LogP contribution in [0.5, 0.6) is 5.75 Å². The quantitative estimate of drug-likeness (QED) is 0.650. The Kier molecular flexibility index (Phi) is 7.18. The molecular weight excluding hydrogens is 342 g/mol. The summed E-state index contributed by atoms with van der Waals surface area (Å²) >= 11 is 3.38. The molecule has 0 aliphatic heterocycles. The second-order valence-electron chi connectivity index (χ2n) is 4.46. The molecule has 0 spiro atoms. The van der Waals surface area contributed by atoms with Crippen LogP contribution >= 0.6 is 15.9 Å². The summed E-state index contributed by atoms with van der Waals surface area (Å²) in [5.41, 5.74) is 0.989. The maximum atomic E-state index is 11.6. The van der Waals surface area contributed by atoms with E-state index in [2.05, 4.69) is 21.2 Å². The van der Waals surface area contributed by atoms with Gasteiger partial charge in [-0.25, -0.2) is 4.79 Å². The molecule has 1 rings (SSSR count).